The number of piperidine rings is 1. The van der Waals surface area contributed by atoms with E-state index in [1.54, 1.807) is 13.3 Å². The number of amides is 1. The van der Waals surface area contributed by atoms with Crippen molar-refractivity contribution in [3.8, 4) is 5.75 Å². The molecule has 3 rings (SSSR count). The lowest BCUT2D eigenvalue weighted by Crippen LogP contribution is -2.42. The Balaban J connectivity index is 1.55. The lowest BCUT2D eigenvalue weighted by Gasteiger charge is -2.32. The summed E-state index contributed by atoms with van der Waals surface area (Å²) in [5.41, 5.74) is 1.84. The van der Waals surface area contributed by atoms with Crippen molar-refractivity contribution in [2.24, 2.45) is 0 Å². The molecule has 0 spiro atoms. The number of nitrogens with zero attached hydrogens (tertiary/aromatic N) is 3. The summed E-state index contributed by atoms with van der Waals surface area (Å²) in [6, 6.07) is 11.8. The van der Waals surface area contributed by atoms with Crippen LogP contribution in [0.15, 0.2) is 42.6 Å². The van der Waals surface area contributed by atoms with E-state index in [9.17, 15) is 4.79 Å². The third-order valence-electron chi connectivity index (χ3n) is 4.73. The maximum atomic E-state index is 12.7. The van der Waals surface area contributed by atoms with Crippen LogP contribution in [-0.4, -0.2) is 56.1 Å². The van der Waals surface area contributed by atoms with E-state index in [0.717, 1.165) is 48.7 Å². The predicted molar refractivity (Wildman–Crippen MR) is 104 cm³/mol. The molecule has 6 heteroatoms. The molecule has 1 saturated heterocycles. The van der Waals surface area contributed by atoms with Gasteiger partial charge in [-0.3, -0.25) is 4.79 Å². The van der Waals surface area contributed by atoms with E-state index in [0.29, 0.717) is 6.04 Å². The molecule has 138 valence electrons. The summed E-state index contributed by atoms with van der Waals surface area (Å²) in [5, 5.41) is 3.44. The highest BCUT2D eigenvalue weighted by Crippen LogP contribution is 2.20. The Morgan fingerprint density at radius 1 is 1.19 bits per heavy atom. The van der Waals surface area contributed by atoms with E-state index in [1.807, 2.05) is 60.3 Å². The van der Waals surface area contributed by atoms with Crippen molar-refractivity contribution < 1.29 is 9.53 Å². The van der Waals surface area contributed by atoms with Gasteiger partial charge in [0.2, 0.25) is 0 Å². The lowest BCUT2D eigenvalue weighted by molar-refractivity contribution is 0.0718. The van der Waals surface area contributed by atoms with E-state index in [4.69, 9.17) is 4.74 Å². The summed E-state index contributed by atoms with van der Waals surface area (Å²) < 4.78 is 5.23. The van der Waals surface area contributed by atoms with Crippen LogP contribution in [-0.2, 0) is 0 Å². The number of hydrogen-bond acceptors (Lipinski definition) is 5. The second-order valence-electron chi connectivity index (χ2n) is 6.73. The van der Waals surface area contributed by atoms with Gasteiger partial charge in [0, 0.05) is 56.7 Å². The average Bonchev–Trinajstić information content (AvgIpc) is 2.68. The van der Waals surface area contributed by atoms with Crippen molar-refractivity contribution in [3.05, 3.63) is 48.2 Å². The molecule has 0 unspecified atom stereocenters. The van der Waals surface area contributed by atoms with Crippen molar-refractivity contribution in [2.75, 3.05) is 44.5 Å². The number of ether oxygens (including phenoxy) is 1. The van der Waals surface area contributed by atoms with E-state index in [-0.39, 0.29) is 5.91 Å². The number of benzene rings is 1. The minimum absolute atomic E-state index is 0.105. The minimum atomic E-state index is 0.105. The standard InChI is InChI=1S/C20H26N4O2/c1-23(2)17-6-4-15(5-7-17)20(25)24-12-9-16(10-13-24)22-19-14-18(26-3)8-11-21-19/h4-8,11,14,16H,9-10,12-13H2,1-3H3,(H,21,22). The second-order valence-corrected chi connectivity index (χ2v) is 6.73. The van der Waals surface area contributed by atoms with Gasteiger partial charge in [-0.25, -0.2) is 4.98 Å². The molecule has 1 aromatic heterocycles. The van der Waals surface area contributed by atoms with Crippen molar-refractivity contribution in [3.63, 3.8) is 0 Å². The first kappa shape index (κ1) is 18.0. The van der Waals surface area contributed by atoms with Crippen LogP contribution < -0.4 is 15.0 Å². The van der Waals surface area contributed by atoms with Crippen LogP contribution in [0, 0.1) is 0 Å². The zero-order valence-corrected chi connectivity index (χ0v) is 15.6. The molecule has 0 saturated carbocycles. The monoisotopic (exact) mass is 354 g/mol. The summed E-state index contributed by atoms with van der Waals surface area (Å²) in [6.07, 6.45) is 3.54. The summed E-state index contributed by atoms with van der Waals surface area (Å²) >= 11 is 0. The fraction of sp³-hybridized carbons (Fsp3) is 0.400. The molecule has 6 nitrogen and oxygen atoms in total. The smallest absolute Gasteiger partial charge is 0.253 e. The van der Waals surface area contributed by atoms with E-state index in [2.05, 4.69) is 10.3 Å². The van der Waals surface area contributed by atoms with E-state index in [1.165, 1.54) is 0 Å². The number of carbonyl (C=O) groups is 1. The van der Waals surface area contributed by atoms with Gasteiger partial charge in [-0.1, -0.05) is 0 Å². The third kappa shape index (κ3) is 4.25. The number of methoxy groups -OCH3 is 1. The highest BCUT2D eigenvalue weighted by atomic mass is 16.5. The van der Waals surface area contributed by atoms with Crippen molar-refractivity contribution >= 4 is 17.4 Å². The Bertz CT molecular complexity index is 738. The fourth-order valence-corrected chi connectivity index (χ4v) is 3.14. The quantitative estimate of drug-likeness (QED) is 0.895. The van der Waals surface area contributed by atoms with Crippen LogP contribution in [0.1, 0.15) is 23.2 Å². The molecule has 1 fully saturated rings. The molecule has 0 aliphatic carbocycles. The maximum Gasteiger partial charge on any atom is 0.253 e. The molecule has 1 amide bonds. The largest absolute Gasteiger partial charge is 0.497 e. The SMILES string of the molecule is COc1ccnc(NC2CCN(C(=O)c3ccc(N(C)C)cc3)CC2)c1. The number of rotatable bonds is 5. The van der Waals surface area contributed by atoms with Gasteiger partial charge < -0.3 is 19.9 Å². The molecular formula is C20H26N4O2. The first-order valence-corrected chi connectivity index (χ1v) is 8.90. The zero-order chi connectivity index (χ0) is 18.5. The molecule has 0 bridgehead atoms. The first-order valence-electron chi connectivity index (χ1n) is 8.90. The Hall–Kier alpha value is -2.76. The van der Waals surface area contributed by atoms with Gasteiger partial charge >= 0.3 is 0 Å². The molecule has 1 aromatic carbocycles. The van der Waals surface area contributed by atoms with Crippen molar-refractivity contribution in [1.29, 1.82) is 0 Å². The number of pyridine rings is 1. The zero-order valence-electron chi connectivity index (χ0n) is 15.6. The molecule has 0 atom stereocenters. The predicted octanol–water partition coefficient (Wildman–Crippen LogP) is 2.87. The summed E-state index contributed by atoms with van der Waals surface area (Å²) in [4.78, 5) is 21.0. The molecule has 1 N–H and O–H groups in total. The second kappa shape index (κ2) is 8.08. The Labute approximate surface area is 154 Å². The van der Waals surface area contributed by atoms with Gasteiger partial charge in [0.25, 0.3) is 5.91 Å². The van der Waals surface area contributed by atoms with Crippen LogP contribution >= 0.6 is 0 Å². The molecule has 1 aliphatic heterocycles. The van der Waals surface area contributed by atoms with Gasteiger partial charge in [-0.2, -0.15) is 0 Å². The summed E-state index contributed by atoms with van der Waals surface area (Å²) in [7, 11) is 5.63. The van der Waals surface area contributed by atoms with Crippen molar-refractivity contribution in [1.82, 2.24) is 9.88 Å². The Morgan fingerprint density at radius 3 is 2.50 bits per heavy atom. The minimum Gasteiger partial charge on any atom is -0.497 e. The molecule has 2 heterocycles. The van der Waals surface area contributed by atoms with E-state index < -0.39 is 0 Å². The number of hydrogen-bond donors (Lipinski definition) is 1. The van der Waals surface area contributed by atoms with Crippen LogP contribution in [0.3, 0.4) is 0 Å². The van der Waals surface area contributed by atoms with Gasteiger partial charge in [-0.15, -0.1) is 0 Å². The van der Waals surface area contributed by atoms with Crippen molar-refractivity contribution in [2.45, 2.75) is 18.9 Å². The molecular weight excluding hydrogens is 328 g/mol. The highest BCUT2D eigenvalue weighted by Gasteiger charge is 2.23. The molecule has 1 aliphatic rings. The van der Waals surface area contributed by atoms with Crippen LogP contribution in [0.5, 0.6) is 5.75 Å². The molecule has 2 aromatic rings. The molecule has 26 heavy (non-hydrogen) atoms. The number of nitrogens with one attached hydrogen (secondary N) is 1. The fourth-order valence-electron chi connectivity index (χ4n) is 3.14. The Kier molecular flexibility index (Phi) is 5.61. The van der Waals surface area contributed by atoms with Crippen LogP contribution in [0.4, 0.5) is 11.5 Å². The summed E-state index contributed by atoms with van der Waals surface area (Å²) in [5.74, 6) is 1.71. The number of aromatic nitrogens is 1. The normalized spacial score (nSPS) is 14.8. The van der Waals surface area contributed by atoms with E-state index >= 15 is 0 Å². The number of anilines is 2. The van der Waals surface area contributed by atoms with Gasteiger partial charge in [0.05, 0.1) is 7.11 Å². The average molecular weight is 354 g/mol. The van der Waals surface area contributed by atoms with Crippen LogP contribution in [0.25, 0.3) is 0 Å². The third-order valence-corrected chi connectivity index (χ3v) is 4.73. The first-order chi connectivity index (χ1) is 12.6. The lowest BCUT2D eigenvalue weighted by atomic mass is 10.0. The topological polar surface area (TPSA) is 57.7 Å². The Morgan fingerprint density at radius 2 is 1.88 bits per heavy atom. The maximum absolute atomic E-state index is 12.7. The summed E-state index contributed by atoms with van der Waals surface area (Å²) in [6.45, 7) is 1.49. The van der Waals surface area contributed by atoms with Gasteiger partial charge in [-0.05, 0) is 43.2 Å². The van der Waals surface area contributed by atoms with Crippen LogP contribution in [0.2, 0.25) is 0 Å². The van der Waals surface area contributed by atoms with Gasteiger partial charge in [0.15, 0.2) is 0 Å². The highest BCUT2D eigenvalue weighted by molar-refractivity contribution is 5.94. The number of likely N-dealkylation sites (tertiary alicyclic amines) is 1. The molecule has 0 radical (unpaired) electrons. The van der Waals surface area contributed by atoms with Gasteiger partial charge in [0.1, 0.15) is 11.6 Å². The number of carbonyl (C=O) groups excluding carboxylic acids is 1.